The van der Waals surface area contributed by atoms with Crippen LogP contribution >= 0.6 is 0 Å². The number of nitrogens with one attached hydrogen (secondary N) is 1. The van der Waals surface area contributed by atoms with Crippen molar-refractivity contribution in [2.45, 2.75) is 6.42 Å². The predicted molar refractivity (Wildman–Crippen MR) is 100 cm³/mol. The summed E-state index contributed by atoms with van der Waals surface area (Å²) in [4.78, 5) is 23.5. The zero-order chi connectivity index (χ0) is 17.9. The minimum atomic E-state index is -0.300. The van der Waals surface area contributed by atoms with Crippen molar-refractivity contribution in [3.05, 3.63) is 72.1 Å². The van der Waals surface area contributed by atoms with E-state index in [0.717, 1.165) is 18.7 Å². The van der Waals surface area contributed by atoms with E-state index in [0.29, 0.717) is 23.1 Å². The fraction of sp³-hybridized carbons (Fsp3) is 0.150. The van der Waals surface area contributed by atoms with Crippen LogP contribution in [0.15, 0.2) is 60.8 Å². The molecule has 1 amide bonds. The molecule has 0 radical (unpaired) electrons. The van der Waals surface area contributed by atoms with Gasteiger partial charge in [-0.1, -0.05) is 30.3 Å². The summed E-state index contributed by atoms with van der Waals surface area (Å²) in [6.45, 7) is 0.803. The highest BCUT2D eigenvalue weighted by Gasteiger charge is 2.22. The minimum Gasteiger partial charge on any atom is -0.495 e. The molecule has 0 atom stereocenters. The number of ether oxygens (including phenoxy) is 1. The number of benzene rings is 2. The number of fused-ring (bicyclic) bond motifs is 1. The summed E-state index contributed by atoms with van der Waals surface area (Å²) >= 11 is 0. The number of amides is 1. The molecule has 1 aliphatic rings. The van der Waals surface area contributed by atoms with E-state index in [1.54, 1.807) is 31.5 Å². The Morgan fingerprint density at radius 1 is 1.12 bits per heavy atom. The van der Waals surface area contributed by atoms with Crippen molar-refractivity contribution in [1.82, 2.24) is 9.97 Å². The molecule has 6 nitrogen and oxygen atoms in total. The van der Waals surface area contributed by atoms with Crippen LogP contribution in [0.25, 0.3) is 0 Å². The standard InChI is InChI=1S/C20H18N4O2/c1-26-18-9-5-3-7-15(18)22-19(25)16-10-12-21-20(23-16)24-13-11-14-6-2-4-8-17(14)24/h2-10,12H,11,13H2,1H3,(H,22,25). The first-order valence-corrected chi connectivity index (χ1v) is 8.39. The van der Waals surface area contributed by atoms with E-state index < -0.39 is 0 Å². The molecule has 1 aromatic heterocycles. The smallest absolute Gasteiger partial charge is 0.274 e. The molecule has 2 aromatic carbocycles. The largest absolute Gasteiger partial charge is 0.495 e. The molecule has 0 fully saturated rings. The van der Waals surface area contributed by atoms with Crippen molar-refractivity contribution in [1.29, 1.82) is 0 Å². The maximum absolute atomic E-state index is 12.6. The Hall–Kier alpha value is -3.41. The summed E-state index contributed by atoms with van der Waals surface area (Å²) in [6, 6.07) is 17.1. The van der Waals surface area contributed by atoms with Gasteiger partial charge in [0, 0.05) is 18.4 Å². The van der Waals surface area contributed by atoms with Crippen molar-refractivity contribution in [2.75, 3.05) is 23.9 Å². The summed E-state index contributed by atoms with van der Waals surface area (Å²) < 4.78 is 5.27. The van der Waals surface area contributed by atoms with Crippen molar-refractivity contribution in [3.8, 4) is 5.75 Å². The SMILES string of the molecule is COc1ccccc1NC(=O)c1ccnc(N2CCc3ccccc32)n1. The summed E-state index contributed by atoms with van der Waals surface area (Å²) in [7, 11) is 1.57. The fourth-order valence-electron chi connectivity index (χ4n) is 3.09. The molecule has 6 heteroatoms. The lowest BCUT2D eigenvalue weighted by Crippen LogP contribution is -2.20. The first-order valence-electron chi connectivity index (χ1n) is 8.39. The van der Waals surface area contributed by atoms with Crippen LogP contribution in [0.3, 0.4) is 0 Å². The van der Waals surface area contributed by atoms with Gasteiger partial charge in [-0.2, -0.15) is 0 Å². The lowest BCUT2D eigenvalue weighted by Gasteiger charge is -2.17. The van der Waals surface area contributed by atoms with Crippen molar-refractivity contribution in [2.24, 2.45) is 0 Å². The number of methoxy groups -OCH3 is 1. The quantitative estimate of drug-likeness (QED) is 0.784. The van der Waals surface area contributed by atoms with Gasteiger partial charge in [-0.05, 0) is 36.2 Å². The van der Waals surface area contributed by atoms with Crippen LogP contribution in [0.4, 0.5) is 17.3 Å². The zero-order valence-electron chi connectivity index (χ0n) is 14.3. The van der Waals surface area contributed by atoms with Gasteiger partial charge in [0.05, 0.1) is 12.8 Å². The zero-order valence-corrected chi connectivity index (χ0v) is 14.3. The molecule has 3 aromatic rings. The maximum Gasteiger partial charge on any atom is 0.274 e. The Morgan fingerprint density at radius 2 is 1.92 bits per heavy atom. The molecular weight excluding hydrogens is 328 g/mol. The van der Waals surface area contributed by atoms with Gasteiger partial charge in [0.15, 0.2) is 0 Å². The Kier molecular flexibility index (Phi) is 4.23. The van der Waals surface area contributed by atoms with Gasteiger partial charge in [0.2, 0.25) is 5.95 Å². The molecule has 0 spiro atoms. The molecule has 0 bridgehead atoms. The molecule has 26 heavy (non-hydrogen) atoms. The average molecular weight is 346 g/mol. The number of nitrogens with zero attached hydrogens (tertiary/aromatic N) is 3. The van der Waals surface area contributed by atoms with Crippen molar-refractivity contribution in [3.63, 3.8) is 0 Å². The first-order chi connectivity index (χ1) is 12.8. The normalized spacial score (nSPS) is 12.6. The first kappa shape index (κ1) is 16.1. The van der Waals surface area contributed by atoms with Crippen LogP contribution in [-0.4, -0.2) is 29.5 Å². The van der Waals surface area contributed by atoms with E-state index in [1.807, 2.05) is 35.2 Å². The summed E-state index contributed by atoms with van der Waals surface area (Å²) in [5.74, 6) is 0.830. The predicted octanol–water partition coefficient (Wildman–Crippen LogP) is 3.43. The van der Waals surface area contributed by atoms with Gasteiger partial charge in [-0.15, -0.1) is 0 Å². The molecule has 1 N–H and O–H groups in total. The second-order valence-electron chi connectivity index (χ2n) is 5.93. The molecular formula is C20H18N4O2. The number of hydrogen-bond donors (Lipinski definition) is 1. The van der Waals surface area contributed by atoms with E-state index in [9.17, 15) is 4.79 Å². The number of carbonyl (C=O) groups is 1. The molecule has 4 rings (SSSR count). The second kappa shape index (κ2) is 6.84. The van der Waals surface area contributed by atoms with Gasteiger partial charge < -0.3 is 15.0 Å². The van der Waals surface area contributed by atoms with E-state index in [1.165, 1.54) is 5.56 Å². The highest BCUT2D eigenvalue weighted by molar-refractivity contribution is 6.03. The van der Waals surface area contributed by atoms with Crippen LogP contribution in [0.5, 0.6) is 5.75 Å². The lowest BCUT2D eigenvalue weighted by molar-refractivity contribution is 0.102. The second-order valence-corrected chi connectivity index (χ2v) is 5.93. The minimum absolute atomic E-state index is 0.300. The maximum atomic E-state index is 12.6. The Balaban J connectivity index is 1.59. The molecule has 1 aliphatic heterocycles. The Bertz CT molecular complexity index is 958. The van der Waals surface area contributed by atoms with E-state index in [4.69, 9.17) is 4.74 Å². The lowest BCUT2D eigenvalue weighted by atomic mass is 10.2. The molecule has 0 saturated heterocycles. The number of aromatic nitrogens is 2. The number of anilines is 3. The van der Waals surface area contributed by atoms with Crippen molar-refractivity contribution >= 4 is 23.2 Å². The van der Waals surface area contributed by atoms with Crippen LogP contribution in [-0.2, 0) is 6.42 Å². The Labute approximate surface area is 151 Å². The number of carbonyl (C=O) groups excluding carboxylic acids is 1. The molecule has 0 unspecified atom stereocenters. The van der Waals surface area contributed by atoms with Gasteiger partial charge in [-0.25, -0.2) is 9.97 Å². The topological polar surface area (TPSA) is 67.3 Å². The average Bonchev–Trinajstić information content (AvgIpc) is 3.12. The van der Waals surface area contributed by atoms with E-state index in [-0.39, 0.29) is 5.91 Å². The molecule has 0 saturated carbocycles. The molecule has 2 heterocycles. The monoisotopic (exact) mass is 346 g/mol. The van der Waals surface area contributed by atoms with Crippen molar-refractivity contribution < 1.29 is 9.53 Å². The van der Waals surface area contributed by atoms with Gasteiger partial charge >= 0.3 is 0 Å². The van der Waals surface area contributed by atoms with E-state index in [2.05, 4.69) is 21.4 Å². The Morgan fingerprint density at radius 3 is 2.81 bits per heavy atom. The number of para-hydroxylation sites is 3. The van der Waals surface area contributed by atoms with Gasteiger partial charge in [0.25, 0.3) is 5.91 Å². The molecule has 130 valence electrons. The van der Waals surface area contributed by atoms with Gasteiger partial charge in [0.1, 0.15) is 11.4 Å². The third kappa shape index (κ3) is 2.97. The summed E-state index contributed by atoms with van der Waals surface area (Å²) in [6.07, 6.45) is 2.55. The summed E-state index contributed by atoms with van der Waals surface area (Å²) in [5, 5.41) is 2.84. The number of hydrogen-bond acceptors (Lipinski definition) is 5. The third-order valence-electron chi connectivity index (χ3n) is 4.36. The van der Waals surface area contributed by atoms with Crippen LogP contribution < -0.4 is 15.0 Å². The molecule has 0 aliphatic carbocycles. The van der Waals surface area contributed by atoms with Crippen LogP contribution in [0, 0.1) is 0 Å². The highest BCUT2D eigenvalue weighted by atomic mass is 16.5. The fourth-order valence-corrected chi connectivity index (χ4v) is 3.09. The third-order valence-corrected chi connectivity index (χ3v) is 4.36. The highest BCUT2D eigenvalue weighted by Crippen LogP contribution is 2.32. The van der Waals surface area contributed by atoms with Gasteiger partial charge in [-0.3, -0.25) is 4.79 Å². The van der Waals surface area contributed by atoms with Crippen LogP contribution in [0.1, 0.15) is 16.1 Å². The number of rotatable bonds is 4. The van der Waals surface area contributed by atoms with E-state index >= 15 is 0 Å². The summed E-state index contributed by atoms with van der Waals surface area (Å²) in [5.41, 5.74) is 3.27. The van der Waals surface area contributed by atoms with Crippen LogP contribution in [0.2, 0.25) is 0 Å².